The molecule has 0 saturated heterocycles. The van der Waals surface area contributed by atoms with Gasteiger partial charge < -0.3 is 24.2 Å². The fourth-order valence-electron chi connectivity index (χ4n) is 3.82. The molecular formula is C24H27N2O7P. The summed E-state index contributed by atoms with van der Waals surface area (Å²) in [6.07, 6.45) is -1.51. The number of ether oxygens (including phenoxy) is 1. The number of para-hydroxylation sites is 1. The van der Waals surface area contributed by atoms with Gasteiger partial charge >= 0.3 is 7.60 Å². The number of non-ortho nitro benzene ring substituents is 1. The summed E-state index contributed by atoms with van der Waals surface area (Å²) < 4.78 is 30.4. The topological polar surface area (TPSA) is 120 Å². The molecule has 3 rings (SSSR count). The second-order valence-electron chi connectivity index (χ2n) is 7.55. The van der Waals surface area contributed by atoms with Crippen LogP contribution in [0.1, 0.15) is 22.8 Å². The molecular weight excluding hydrogens is 459 g/mol. The number of benzene rings is 3. The zero-order chi connectivity index (χ0) is 24.9. The van der Waals surface area contributed by atoms with E-state index in [2.05, 4.69) is 5.32 Å². The van der Waals surface area contributed by atoms with Gasteiger partial charge in [0.15, 0.2) is 5.28 Å². The minimum Gasteiger partial charge on any atom is -0.497 e. The molecule has 2 N–H and O–H groups in total. The molecule has 2 atom stereocenters. The van der Waals surface area contributed by atoms with Crippen molar-refractivity contribution in [1.82, 2.24) is 0 Å². The molecule has 3 aromatic rings. The smallest absolute Gasteiger partial charge is 0.362 e. The van der Waals surface area contributed by atoms with Crippen molar-refractivity contribution in [3.63, 3.8) is 0 Å². The van der Waals surface area contributed by atoms with E-state index in [0.717, 1.165) is 5.56 Å². The predicted molar refractivity (Wildman–Crippen MR) is 129 cm³/mol. The number of nitro groups is 1. The number of anilines is 1. The third-order valence-electron chi connectivity index (χ3n) is 5.73. The zero-order valence-electron chi connectivity index (χ0n) is 19.3. The summed E-state index contributed by atoms with van der Waals surface area (Å²) in [4.78, 5) is 10.6. The average Bonchev–Trinajstić information content (AvgIpc) is 2.87. The Morgan fingerprint density at radius 3 is 2.06 bits per heavy atom. The van der Waals surface area contributed by atoms with Crippen LogP contribution in [0.3, 0.4) is 0 Å². The molecule has 10 heteroatoms. The summed E-state index contributed by atoms with van der Waals surface area (Å²) in [7, 11) is -0.137. The fourth-order valence-corrected chi connectivity index (χ4v) is 5.72. The first-order valence-electron chi connectivity index (χ1n) is 10.3. The maximum atomic E-state index is 14.2. The van der Waals surface area contributed by atoms with E-state index in [0.29, 0.717) is 17.0 Å². The monoisotopic (exact) mass is 486 g/mol. The Hall–Kier alpha value is -3.23. The normalized spacial score (nSPS) is 14.1. The van der Waals surface area contributed by atoms with Gasteiger partial charge in [0.05, 0.1) is 12.0 Å². The van der Waals surface area contributed by atoms with Crippen LogP contribution < -0.4 is 10.1 Å². The van der Waals surface area contributed by atoms with E-state index in [9.17, 15) is 19.8 Å². The quantitative estimate of drug-likeness (QED) is 0.222. The lowest BCUT2D eigenvalue weighted by Gasteiger charge is -2.43. The van der Waals surface area contributed by atoms with Gasteiger partial charge in [-0.05, 0) is 53.9 Å². The van der Waals surface area contributed by atoms with Crippen LogP contribution in [0.4, 0.5) is 11.4 Å². The van der Waals surface area contributed by atoms with Gasteiger partial charge in [-0.2, -0.15) is 0 Å². The van der Waals surface area contributed by atoms with E-state index in [-0.39, 0.29) is 11.3 Å². The highest BCUT2D eigenvalue weighted by Gasteiger charge is 2.57. The van der Waals surface area contributed by atoms with E-state index in [4.69, 9.17) is 13.8 Å². The lowest BCUT2D eigenvalue weighted by molar-refractivity contribution is -0.384. The molecule has 34 heavy (non-hydrogen) atoms. The summed E-state index contributed by atoms with van der Waals surface area (Å²) in [5.74, 6) is 0.558. The highest BCUT2D eigenvalue weighted by atomic mass is 31.2. The minimum absolute atomic E-state index is 0.139. The number of hydrogen-bond acceptors (Lipinski definition) is 8. The summed E-state index contributed by atoms with van der Waals surface area (Å²) in [5, 5.41) is 24.3. The molecule has 0 radical (unpaired) electrons. The van der Waals surface area contributed by atoms with Gasteiger partial charge in [0.25, 0.3) is 5.69 Å². The summed E-state index contributed by atoms with van der Waals surface area (Å²) >= 11 is 0. The SMILES string of the molecule is COc1ccc(C(Nc2ccccc2C)(C(O)c2ccc([N+](=O)[O-])cc2)P(=O)(OC)OC)cc1. The molecule has 0 aromatic heterocycles. The Morgan fingerprint density at radius 2 is 1.56 bits per heavy atom. The van der Waals surface area contributed by atoms with E-state index >= 15 is 0 Å². The van der Waals surface area contributed by atoms with Crippen molar-refractivity contribution in [2.24, 2.45) is 0 Å². The van der Waals surface area contributed by atoms with Crippen molar-refractivity contribution >= 4 is 19.0 Å². The first kappa shape index (κ1) is 25.4. The number of aryl methyl sites for hydroxylation is 1. The van der Waals surface area contributed by atoms with Crippen LogP contribution in [-0.2, 0) is 18.9 Å². The number of nitrogens with zero attached hydrogens (tertiary/aromatic N) is 1. The second kappa shape index (κ2) is 10.4. The molecule has 0 fully saturated rings. The van der Waals surface area contributed by atoms with E-state index in [1.807, 2.05) is 19.1 Å². The highest BCUT2D eigenvalue weighted by Crippen LogP contribution is 2.68. The lowest BCUT2D eigenvalue weighted by Crippen LogP contribution is -2.42. The van der Waals surface area contributed by atoms with Gasteiger partial charge in [-0.15, -0.1) is 0 Å². The predicted octanol–water partition coefficient (Wildman–Crippen LogP) is 5.40. The van der Waals surface area contributed by atoms with Gasteiger partial charge in [-0.25, -0.2) is 0 Å². The Morgan fingerprint density at radius 1 is 0.971 bits per heavy atom. The van der Waals surface area contributed by atoms with Gasteiger partial charge in [-0.3, -0.25) is 14.7 Å². The molecule has 3 aromatic carbocycles. The van der Waals surface area contributed by atoms with Gasteiger partial charge in [0, 0.05) is 32.0 Å². The van der Waals surface area contributed by atoms with E-state index < -0.39 is 23.9 Å². The van der Waals surface area contributed by atoms with E-state index in [1.165, 1.54) is 45.6 Å². The zero-order valence-corrected chi connectivity index (χ0v) is 20.2. The standard InChI is InChI=1S/C24H27N2O7P/c1-17-7-5-6-8-22(17)25-24(34(30,32-3)33-4,19-11-15-21(31-2)16-12-19)23(27)18-9-13-20(14-10-18)26(28)29/h5-16,23,25,27H,1-4H3. The summed E-state index contributed by atoms with van der Waals surface area (Å²) in [6.45, 7) is 1.86. The lowest BCUT2D eigenvalue weighted by atomic mass is 9.93. The average molecular weight is 486 g/mol. The molecule has 0 aliphatic carbocycles. The molecule has 0 saturated carbocycles. The molecule has 0 aliphatic rings. The first-order chi connectivity index (χ1) is 16.2. The maximum absolute atomic E-state index is 14.2. The number of aliphatic hydroxyl groups is 1. The number of nitro benzene ring substituents is 1. The Labute approximate surface area is 198 Å². The molecule has 0 spiro atoms. The molecule has 2 unspecified atom stereocenters. The molecule has 0 amide bonds. The van der Waals surface area contributed by atoms with Crippen LogP contribution in [0.5, 0.6) is 5.75 Å². The van der Waals surface area contributed by atoms with Gasteiger partial charge in [0.1, 0.15) is 11.9 Å². The number of nitrogens with one attached hydrogen (secondary N) is 1. The van der Waals surface area contributed by atoms with Gasteiger partial charge in [-0.1, -0.05) is 30.3 Å². The van der Waals surface area contributed by atoms with Crippen LogP contribution in [0, 0.1) is 17.0 Å². The molecule has 0 heterocycles. The molecule has 9 nitrogen and oxygen atoms in total. The van der Waals surface area contributed by atoms with Crippen molar-refractivity contribution in [3.05, 3.63) is 99.6 Å². The Bertz CT molecular complexity index is 1180. The number of methoxy groups -OCH3 is 1. The van der Waals surface area contributed by atoms with Crippen LogP contribution in [0.2, 0.25) is 0 Å². The third-order valence-corrected chi connectivity index (χ3v) is 8.17. The largest absolute Gasteiger partial charge is 0.497 e. The Kier molecular flexibility index (Phi) is 7.74. The summed E-state index contributed by atoms with van der Waals surface area (Å²) in [6, 6.07) is 19.3. The fraction of sp³-hybridized carbons (Fsp3) is 0.250. The second-order valence-corrected chi connectivity index (χ2v) is 9.98. The first-order valence-corrected chi connectivity index (χ1v) is 11.9. The van der Waals surface area contributed by atoms with Crippen LogP contribution >= 0.6 is 7.60 Å². The van der Waals surface area contributed by atoms with Crippen molar-refractivity contribution in [1.29, 1.82) is 0 Å². The highest BCUT2D eigenvalue weighted by molar-refractivity contribution is 7.55. The van der Waals surface area contributed by atoms with Gasteiger partial charge in [0.2, 0.25) is 0 Å². The maximum Gasteiger partial charge on any atom is 0.362 e. The van der Waals surface area contributed by atoms with Crippen LogP contribution in [0.25, 0.3) is 0 Å². The number of hydrogen-bond donors (Lipinski definition) is 2. The molecule has 0 bridgehead atoms. The number of rotatable bonds is 10. The van der Waals surface area contributed by atoms with Crippen molar-refractivity contribution in [2.75, 3.05) is 26.6 Å². The van der Waals surface area contributed by atoms with Crippen LogP contribution in [-0.4, -0.2) is 31.4 Å². The van der Waals surface area contributed by atoms with E-state index in [1.54, 1.807) is 36.4 Å². The van der Waals surface area contributed by atoms with Crippen molar-refractivity contribution < 1.29 is 28.4 Å². The van der Waals surface area contributed by atoms with Crippen molar-refractivity contribution in [2.45, 2.75) is 18.3 Å². The third kappa shape index (κ3) is 4.56. The summed E-state index contributed by atoms with van der Waals surface area (Å²) in [5.41, 5.74) is 1.95. The van der Waals surface area contributed by atoms with Crippen LogP contribution in [0.15, 0.2) is 72.8 Å². The van der Waals surface area contributed by atoms with Crippen molar-refractivity contribution in [3.8, 4) is 5.75 Å². The molecule has 0 aliphatic heterocycles. The Balaban J connectivity index is 2.32. The number of aliphatic hydroxyl groups excluding tert-OH is 1. The minimum atomic E-state index is -4.14. The molecule has 180 valence electrons.